The summed E-state index contributed by atoms with van der Waals surface area (Å²) in [6.45, 7) is 0.380. The van der Waals surface area contributed by atoms with E-state index in [1.165, 1.54) is 0 Å². The lowest BCUT2D eigenvalue weighted by atomic mass is 10.1. The van der Waals surface area contributed by atoms with Crippen molar-refractivity contribution in [2.24, 2.45) is 0 Å². The quantitative estimate of drug-likeness (QED) is 0.708. The Labute approximate surface area is 130 Å². The first-order valence-electron chi connectivity index (χ1n) is 6.43. The normalized spacial score (nSPS) is 10.3. The van der Waals surface area contributed by atoms with Crippen LogP contribution in [0.3, 0.4) is 0 Å². The molecule has 102 valence electrons. The average Bonchev–Trinajstić information content (AvgIpc) is 2.53. The van der Waals surface area contributed by atoms with Gasteiger partial charge in [-0.1, -0.05) is 40.2 Å². The number of benzene rings is 2. The minimum Gasteiger partial charge on any atom is -0.487 e. The molecule has 21 heavy (non-hydrogen) atoms. The highest BCUT2D eigenvalue weighted by Gasteiger charge is 2.06. The minimum atomic E-state index is 0.380. The summed E-state index contributed by atoms with van der Waals surface area (Å²) in [6.07, 6.45) is 1.77. The van der Waals surface area contributed by atoms with Crippen LogP contribution in [0, 0.1) is 11.3 Å². The van der Waals surface area contributed by atoms with E-state index in [4.69, 9.17) is 10.00 Å². The molecule has 0 spiro atoms. The van der Waals surface area contributed by atoms with Crippen LogP contribution in [0.15, 0.2) is 59.2 Å². The van der Waals surface area contributed by atoms with Gasteiger partial charge in [0.2, 0.25) is 0 Å². The van der Waals surface area contributed by atoms with Crippen LogP contribution < -0.4 is 4.74 Å². The van der Waals surface area contributed by atoms with Crippen LogP contribution in [0.5, 0.6) is 5.75 Å². The highest BCUT2D eigenvalue weighted by Crippen LogP contribution is 2.24. The fourth-order valence-electron chi connectivity index (χ4n) is 2.15. The van der Waals surface area contributed by atoms with E-state index in [0.29, 0.717) is 17.9 Å². The summed E-state index contributed by atoms with van der Waals surface area (Å²) in [5.41, 5.74) is 2.44. The topological polar surface area (TPSA) is 45.9 Å². The molecular weight excluding hydrogens is 328 g/mol. The van der Waals surface area contributed by atoms with Crippen LogP contribution in [-0.4, -0.2) is 4.98 Å². The SMILES string of the molecule is N#Cc1cc(Br)ccc1OCc1cccc2cccnc12. The summed E-state index contributed by atoms with van der Waals surface area (Å²) < 4.78 is 6.65. The molecule has 2 aromatic carbocycles. The second-order valence-electron chi connectivity index (χ2n) is 4.53. The maximum Gasteiger partial charge on any atom is 0.137 e. The summed E-state index contributed by atoms with van der Waals surface area (Å²) in [6, 6.07) is 17.5. The number of pyridine rings is 1. The Kier molecular flexibility index (Phi) is 3.85. The molecule has 0 bridgehead atoms. The molecule has 0 unspecified atom stereocenters. The van der Waals surface area contributed by atoms with E-state index >= 15 is 0 Å². The van der Waals surface area contributed by atoms with Gasteiger partial charge < -0.3 is 4.74 Å². The molecule has 1 heterocycles. The molecule has 0 fully saturated rings. The number of halogens is 1. The lowest BCUT2D eigenvalue weighted by molar-refractivity contribution is 0.306. The van der Waals surface area contributed by atoms with Gasteiger partial charge in [-0.15, -0.1) is 0 Å². The van der Waals surface area contributed by atoms with Gasteiger partial charge in [0.05, 0.1) is 11.1 Å². The van der Waals surface area contributed by atoms with E-state index in [1.807, 2.05) is 36.4 Å². The van der Waals surface area contributed by atoms with E-state index in [0.717, 1.165) is 20.9 Å². The van der Waals surface area contributed by atoms with Crippen molar-refractivity contribution in [1.29, 1.82) is 5.26 Å². The van der Waals surface area contributed by atoms with Crippen molar-refractivity contribution in [2.75, 3.05) is 0 Å². The standard InChI is InChI=1S/C17H11BrN2O/c18-15-6-7-16(14(9-15)10-19)21-11-13-4-1-3-12-5-2-8-20-17(12)13/h1-9H,11H2. The summed E-state index contributed by atoms with van der Waals surface area (Å²) in [4.78, 5) is 4.40. The first-order chi connectivity index (χ1) is 10.3. The zero-order valence-corrected chi connectivity index (χ0v) is 12.7. The molecule has 3 nitrogen and oxygen atoms in total. The van der Waals surface area contributed by atoms with E-state index in [9.17, 15) is 0 Å². The molecular formula is C17H11BrN2O. The van der Waals surface area contributed by atoms with E-state index < -0.39 is 0 Å². The first-order valence-corrected chi connectivity index (χ1v) is 7.22. The molecule has 4 heteroatoms. The van der Waals surface area contributed by atoms with Gasteiger partial charge in [-0.25, -0.2) is 0 Å². The summed E-state index contributed by atoms with van der Waals surface area (Å²) in [5.74, 6) is 0.577. The second-order valence-corrected chi connectivity index (χ2v) is 5.45. The predicted octanol–water partition coefficient (Wildman–Crippen LogP) is 4.45. The third kappa shape index (κ3) is 2.88. The average molecular weight is 339 g/mol. The Balaban J connectivity index is 1.89. The lowest BCUT2D eigenvalue weighted by Gasteiger charge is -2.10. The molecule has 3 rings (SSSR count). The number of para-hydroxylation sites is 1. The molecule has 0 radical (unpaired) electrons. The molecule has 0 aliphatic rings. The van der Waals surface area contributed by atoms with Crippen molar-refractivity contribution in [3.63, 3.8) is 0 Å². The van der Waals surface area contributed by atoms with Crippen LogP contribution in [0.4, 0.5) is 0 Å². The van der Waals surface area contributed by atoms with E-state index in [2.05, 4.69) is 27.0 Å². The molecule has 0 N–H and O–H groups in total. The highest BCUT2D eigenvalue weighted by molar-refractivity contribution is 9.10. The number of rotatable bonds is 3. The van der Waals surface area contributed by atoms with E-state index in [-0.39, 0.29) is 0 Å². The van der Waals surface area contributed by atoms with Crippen LogP contribution in [0.25, 0.3) is 10.9 Å². The number of fused-ring (bicyclic) bond motifs is 1. The maximum atomic E-state index is 9.15. The second kappa shape index (κ2) is 5.94. The van der Waals surface area contributed by atoms with Crippen molar-refractivity contribution >= 4 is 26.8 Å². The zero-order valence-electron chi connectivity index (χ0n) is 11.1. The van der Waals surface area contributed by atoms with Crippen molar-refractivity contribution in [3.05, 3.63) is 70.3 Å². The monoisotopic (exact) mass is 338 g/mol. The molecule has 0 amide bonds. The van der Waals surface area contributed by atoms with Crippen LogP contribution in [-0.2, 0) is 6.61 Å². The Morgan fingerprint density at radius 2 is 2.00 bits per heavy atom. The van der Waals surface area contributed by atoms with Crippen molar-refractivity contribution in [2.45, 2.75) is 6.61 Å². The Morgan fingerprint density at radius 1 is 1.14 bits per heavy atom. The number of ether oxygens (including phenoxy) is 1. The summed E-state index contributed by atoms with van der Waals surface area (Å²) in [7, 11) is 0. The molecule has 1 aromatic heterocycles. The van der Waals surface area contributed by atoms with Crippen molar-refractivity contribution < 1.29 is 4.74 Å². The largest absolute Gasteiger partial charge is 0.487 e. The molecule has 3 aromatic rings. The van der Waals surface area contributed by atoms with Crippen LogP contribution in [0.2, 0.25) is 0 Å². The van der Waals surface area contributed by atoms with Crippen molar-refractivity contribution in [1.82, 2.24) is 4.98 Å². The predicted molar refractivity (Wildman–Crippen MR) is 84.9 cm³/mol. The number of nitrogens with zero attached hydrogens (tertiary/aromatic N) is 2. The Morgan fingerprint density at radius 3 is 2.86 bits per heavy atom. The molecule has 0 saturated heterocycles. The molecule has 0 aliphatic heterocycles. The number of hydrogen-bond donors (Lipinski definition) is 0. The fraction of sp³-hybridized carbons (Fsp3) is 0.0588. The van der Waals surface area contributed by atoms with Gasteiger partial charge in [0.1, 0.15) is 18.4 Å². The smallest absolute Gasteiger partial charge is 0.137 e. The number of aromatic nitrogens is 1. The molecule has 0 atom stereocenters. The van der Waals surface area contributed by atoms with E-state index in [1.54, 1.807) is 18.3 Å². The molecule has 0 aliphatic carbocycles. The maximum absolute atomic E-state index is 9.15. The summed E-state index contributed by atoms with van der Waals surface area (Å²) >= 11 is 3.35. The lowest BCUT2D eigenvalue weighted by Crippen LogP contribution is -1.99. The molecule has 0 saturated carbocycles. The van der Waals surface area contributed by atoms with Crippen LogP contribution >= 0.6 is 15.9 Å². The number of nitriles is 1. The Bertz CT molecular complexity index is 834. The minimum absolute atomic E-state index is 0.380. The highest BCUT2D eigenvalue weighted by atomic mass is 79.9. The zero-order chi connectivity index (χ0) is 14.7. The third-order valence-corrected chi connectivity index (χ3v) is 3.65. The Hall–Kier alpha value is -2.38. The van der Waals surface area contributed by atoms with Gasteiger partial charge in [-0.2, -0.15) is 5.26 Å². The van der Waals surface area contributed by atoms with Gasteiger partial charge in [0, 0.05) is 21.6 Å². The fourth-order valence-corrected chi connectivity index (χ4v) is 2.52. The van der Waals surface area contributed by atoms with Gasteiger partial charge in [0.15, 0.2) is 0 Å². The number of hydrogen-bond acceptors (Lipinski definition) is 3. The van der Waals surface area contributed by atoms with Gasteiger partial charge >= 0.3 is 0 Å². The van der Waals surface area contributed by atoms with Gasteiger partial charge in [-0.3, -0.25) is 4.98 Å². The van der Waals surface area contributed by atoms with Gasteiger partial charge in [0.25, 0.3) is 0 Å². The van der Waals surface area contributed by atoms with Gasteiger partial charge in [-0.05, 0) is 24.3 Å². The summed E-state index contributed by atoms with van der Waals surface area (Å²) in [5, 5.41) is 10.2. The van der Waals surface area contributed by atoms with Crippen molar-refractivity contribution in [3.8, 4) is 11.8 Å². The first kappa shape index (κ1) is 13.6. The third-order valence-electron chi connectivity index (χ3n) is 3.16. The van der Waals surface area contributed by atoms with Crippen LogP contribution in [0.1, 0.15) is 11.1 Å².